The van der Waals surface area contributed by atoms with E-state index < -0.39 is 0 Å². The molecule has 2 rings (SSSR count). The Hall–Kier alpha value is -0.540. The molecule has 0 aliphatic heterocycles. The molecule has 0 radical (unpaired) electrons. The lowest BCUT2D eigenvalue weighted by Gasteiger charge is -2.06. The number of hydrogen-bond acceptors (Lipinski definition) is 2. The summed E-state index contributed by atoms with van der Waals surface area (Å²) in [5.74, 6) is 0.528. The Morgan fingerprint density at radius 2 is 1.61 bits per heavy atom. The molecule has 0 saturated carbocycles. The maximum absolute atomic E-state index is 6.08. The van der Waals surface area contributed by atoms with Crippen molar-refractivity contribution in [3.05, 3.63) is 55.5 Å². The quantitative estimate of drug-likeness (QED) is 0.728. The van der Waals surface area contributed by atoms with Crippen molar-refractivity contribution in [3.8, 4) is 0 Å². The van der Waals surface area contributed by atoms with Gasteiger partial charge in [0, 0.05) is 22.0 Å². The summed E-state index contributed by atoms with van der Waals surface area (Å²) < 4.78 is 0. The third-order valence-corrected chi connectivity index (χ3v) is 3.76. The van der Waals surface area contributed by atoms with Crippen LogP contribution >= 0.6 is 46.4 Å². The molecule has 2 aromatic rings. The van der Waals surface area contributed by atoms with E-state index in [1.54, 1.807) is 19.1 Å². The van der Waals surface area contributed by atoms with E-state index in [2.05, 4.69) is 9.97 Å². The number of nitrogens with zero attached hydrogens (tertiary/aromatic N) is 2. The second-order valence-corrected chi connectivity index (χ2v) is 5.32. The summed E-state index contributed by atoms with van der Waals surface area (Å²) in [6, 6.07) is 5.27. The van der Waals surface area contributed by atoms with Crippen LogP contribution in [0.4, 0.5) is 0 Å². The normalized spacial score (nSPS) is 10.7. The first-order valence-electron chi connectivity index (χ1n) is 5.10. The molecule has 2 nitrogen and oxygen atoms in total. The molecular formula is C12H8Cl4N2. The first kappa shape index (κ1) is 13.9. The number of rotatable bonds is 2. The van der Waals surface area contributed by atoms with Crippen LogP contribution in [-0.4, -0.2) is 9.97 Å². The van der Waals surface area contributed by atoms with Gasteiger partial charge in [-0.3, -0.25) is 0 Å². The van der Waals surface area contributed by atoms with E-state index in [-0.39, 0.29) is 0 Å². The van der Waals surface area contributed by atoms with Crippen LogP contribution in [0.1, 0.15) is 17.0 Å². The van der Waals surface area contributed by atoms with E-state index >= 15 is 0 Å². The van der Waals surface area contributed by atoms with Crippen molar-refractivity contribution in [1.29, 1.82) is 0 Å². The zero-order valence-electron chi connectivity index (χ0n) is 9.35. The van der Waals surface area contributed by atoms with Gasteiger partial charge in [0.15, 0.2) is 0 Å². The highest BCUT2D eigenvalue weighted by Crippen LogP contribution is 2.25. The standard InChI is InChI=1S/C12H8Cl4N2/c1-6-11(15)17-10(18-12(6)16)4-7-2-3-8(13)5-9(7)14/h2-3,5H,4H2,1H3. The fourth-order valence-corrected chi connectivity index (χ4v) is 2.32. The molecule has 1 heterocycles. The maximum atomic E-state index is 6.08. The molecule has 0 bridgehead atoms. The zero-order valence-corrected chi connectivity index (χ0v) is 12.4. The molecule has 0 amide bonds. The highest BCUT2D eigenvalue weighted by atomic mass is 35.5. The summed E-state index contributed by atoms with van der Waals surface area (Å²) in [7, 11) is 0. The van der Waals surface area contributed by atoms with Gasteiger partial charge in [-0.25, -0.2) is 9.97 Å². The van der Waals surface area contributed by atoms with E-state index in [1.165, 1.54) is 0 Å². The van der Waals surface area contributed by atoms with Gasteiger partial charge in [-0.05, 0) is 24.6 Å². The van der Waals surface area contributed by atoms with Crippen LogP contribution in [0.15, 0.2) is 18.2 Å². The highest BCUT2D eigenvalue weighted by molar-refractivity contribution is 6.35. The summed E-state index contributed by atoms with van der Waals surface area (Å²) in [6.45, 7) is 1.77. The second-order valence-electron chi connectivity index (χ2n) is 3.76. The van der Waals surface area contributed by atoms with Crippen molar-refractivity contribution < 1.29 is 0 Å². The van der Waals surface area contributed by atoms with Crippen LogP contribution in [0.5, 0.6) is 0 Å². The minimum atomic E-state index is 0.357. The lowest BCUT2D eigenvalue weighted by molar-refractivity contribution is 0.956. The van der Waals surface area contributed by atoms with Crippen molar-refractivity contribution in [1.82, 2.24) is 9.97 Å². The van der Waals surface area contributed by atoms with Crippen LogP contribution in [0.2, 0.25) is 20.4 Å². The Bertz CT molecular complexity index is 576. The van der Waals surface area contributed by atoms with Gasteiger partial charge in [-0.2, -0.15) is 0 Å². The number of halogens is 4. The van der Waals surface area contributed by atoms with E-state index in [0.717, 1.165) is 5.56 Å². The predicted molar refractivity (Wildman–Crippen MR) is 76.1 cm³/mol. The van der Waals surface area contributed by atoms with Crippen LogP contribution < -0.4 is 0 Å². The largest absolute Gasteiger partial charge is 0.220 e. The minimum Gasteiger partial charge on any atom is -0.220 e. The maximum Gasteiger partial charge on any atom is 0.137 e. The van der Waals surface area contributed by atoms with E-state index in [9.17, 15) is 0 Å². The van der Waals surface area contributed by atoms with Crippen LogP contribution in [-0.2, 0) is 6.42 Å². The SMILES string of the molecule is Cc1c(Cl)nc(Cc2ccc(Cl)cc2Cl)nc1Cl. The molecule has 0 aliphatic rings. The van der Waals surface area contributed by atoms with Crippen molar-refractivity contribution in [2.45, 2.75) is 13.3 Å². The lowest BCUT2D eigenvalue weighted by atomic mass is 10.1. The smallest absolute Gasteiger partial charge is 0.137 e. The van der Waals surface area contributed by atoms with Crippen molar-refractivity contribution >= 4 is 46.4 Å². The van der Waals surface area contributed by atoms with Crippen LogP contribution in [0.3, 0.4) is 0 Å². The third kappa shape index (κ3) is 3.07. The van der Waals surface area contributed by atoms with Crippen molar-refractivity contribution in [3.63, 3.8) is 0 Å². The molecule has 18 heavy (non-hydrogen) atoms. The van der Waals surface area contributed by atoms with Crippen LogP contribution in [0.25, 0.3) is 0 Å². The average molecular weight is 322 g/mol. The van der Waals surface area contributed by atoms with E-state index in [0.29, 0.717) is 38.2 Å². The number of benzene rings is 1. The summed E-state index contributed by atoms with van der Waals surface area (Å²) in [5.41, 5.74) is 1.54. The lowest BCUT2D eigenvalue weighted by Crippen LogP contribution is -2.00. The Morgan fingerprint density at radius 3 is 2.17 bits per heavy atom. The van der Waals surface area contributed by atoms with Crippen molar-refractivity contribution in [2.75, 3.05) is 0 Å². The van der Waals surface area contributed by atoms with E-state index in [1.807, 2.05) is 6.07 Å². The van der Waals surface area contributed by atoms with Gasteiger partial charge in [-0.15, -0.1) is 0 Å². The molecule has 0 atom stereocenters. The Balaban J connectivity index is 2.34. The highest BCUT2D eigenvalue weighted by Gasteiger charge is 2.10. The second kappa shape index (κ2) is 5.62. The topological polar surface area (TPSA) is 25.8 Å². The van der Waals surface area contributed by atoms with Gasteiger partial charge >= 0.3 is 0 Å². The fraction of sp³-hybridized carbons (Fsp3) is 0.167. The summed E-state index contributed by atoms with van der Waals surface area (Å²) in [4.78, 5) is 8.34. The molecule has 94 valence electrons. The van der Waals surface area contributed by atoms with Crippen molar-refractivity contribution in [2.24, 2.45) is 0 Å². The first-order chi connectivity index (χ1) is 8.47. The predicted octanol–water partition coefficient (Wildman–Crippen LogP) is 4.99. The molecule has 1 aromatic heterocycles. The first-order valence-corrected chi connectivity index (χ1v) is 6.61. The molecule has 0 saturated heterocycles. The zero-order chi connectivity index (χ0) is 13.3. The van der Waals surface area contributed by atoms with E-state index in [4.69, 9.17) is 46.4 Å². The van der Waals surface area contributed by atoms with Gasteiger partial charge in [0.05, 0.1) is 0 Å². The molecular weight excluding hydrogens is 314 g/mol. The summed E-state index contributed by atoms with van der Waals surface area (Å²) in [6.07, 6.45) is 0.454. The monoisotopic (exact) mass is 320 g/mol. The van der Waals surface area contributed by atoms with Gasteiger partial charge in [0.1, 0.15) is 16.1 Å². The molecule has 0 fully saturated rings. The number of aromatic nitrogens is 2. The molecule has 0 aliphatic carbocycles. The van der Waals surface area contributed by atoms with Gasteiger partial charge in [0.2, 0.25) is 0 Å². The van der Waals surface area contributed by atoms with Crippen LogP contribution in [0, 0.1) is 6.92 Å². The minimum absolute atomic E-state index is 0.357. The van der Waals surface area contributed by atoms with Gasteiger partial charge in [-0.1, -0.05) is 52.5 Å². The third-order valence-electron chi connectivity index (χ3n) is 2.44. The summed E-state index contributed by atoms with van der Waals surface area (Å²) >= 11 is 23.8. The molecule has 6 heteroatoms. The molecule has 0 spiro atoms. The number of hydrogen-bond donors (Lipinski definition) is 0. The average Bonchev–Trinajstić information content (AvgIpc) is 2.29. The Labute approximate surface area is 125 Å². The molecule has 0 unspecified atom stereocenters. The van der Waals surface area contributed by atoms with Gasteiger partial charge in [0.25, 0.3) is 0 Å². The molecule has 0 N–H and O–H groups in total. The molecule has 1 aromatic carbocycles. The summed E-state index contributed by atoms with van der Waals surface area (Å²) in [5, 5.41) is 1.87. The van der Waals surface area contributed by atoms with Gasteiger partial charge < -0.3 is 0 Å². The Morgan fingerprint density at radius 1 is 1.00 bits per heavy atom. The Kier molecular flexibility index (Phi) is 4.33. The fourth-order valence-electron chi connectivity index (χ4n) is 1.42.